The molecule has 0 aromatic rings. The topological polar surface area (TPSA) is 49.6 Å². The first-order valence-corrected chi connectivity index (χ1v) is 8.91. The number of nitrogens with two attached hydrogens (primary N) is 1. The summed E-state index contributed by atoms with van der Waals surface area (Å²) in [7, 11) is 0. The quantitative estimate of drug-likeness (QED) is 0.847. The highest BCUT2D eigenvalue weighted by molar-refractivity contribution is 5.86. The van der Waals surface area contributed by atoms with Crippen molar-refractivity contribution in [3.63, 3.8) is 0 Å². The maximum Gasteiger partial charge on any atom is 0.242 e. The molecule has 1 heterocycles. The predicted octanol–water partition coefficient (Wildman–Crippen LogP) is 1.98. The van der Waals surface area contributed by atoms with Gasteiger partial charge in [-0.1, -0.05) is 32.6 Å². The number of carbonyl (C=O) groups excluding carboxylic acids is 1. The molecule has 0 aromatic carbocycles. The van der Waals surface area contributed by atoms with Crippen LogP contribution in [0.3, 0.4) is 0 Å². The summed E-state index contributed by atoms with van der Waals surface area (Å²) in [5, 5.41) is 0. The fourth-order valence-corrected chi connectivity index (χ4v) is 4.66. The molecular formula is C17H31N3O. The summed E-state index contributed by atoms with van der Waals surface area (Å²) < 4.78 is 0. The fourth-order valence-electron chi connectivity index (χ4n) is 4.66. The van der Waals surface area contributed by atoms with Gasteiger partial charge in [0.1, 0.15) is 0 Å². The SMILES string of the molecule is CC1CCCC(N)(C(=O)N2CCN(C3CCCC3)CC2)C1. The smallest absolute Gasteiger partial charge is 0.242 e. The van der Waals surface area contributed by atoms with Gasteiger partial charge < -0.3 is 10.6 Å². The van der Waals surface area contributed by atoms with Crippen molar-refractivity contribution in [1.29, 1.82) is 0 Å². The Hall–Kier alpha value is -0.610. The molecule has 21 heavy (non-hydrogen) atoms. The average Bonchev–Trinajstić information content (AvgIpc) is 3.00. The molecule has 0 radical (unpaired) electrons. The van der Waals surface area contributed by atoms with Gasteiger partial charge in [0.05, 0.1) is 5.54 Å². The van der Waals surface area contributed by atoms with Gasteiger partial charge in [0, 0.05) is 32.2 Å². The lowest BCUT2D eigenvalue weighted by Gasteiger charge is -2.43. The van der Waals surface area contributed by atoms with Crippen LogP contribution >= 0.6 is 0 Å². The highest BCUT2D eigenvalue weighted by atomic mass is 16.2. The van der Waals surface area contributed by atoms with Crippen LogP contribution in [0.4, 0.5) is 0 Å². The lowest BCUT2D eigenvalue weighted by Crippen LogP contribution is -2.61. The van der Waals surface area contributed by atoms with Gasteiger partial charge in [0.25, 0.3) is 0 Å². The Morgan fingerprint density at radius 2 is 1.71 bits per heavy atom. The first-order valence-electron chi connectivity index (χ1n) is 8.91. The summed E-state index contributed by atoms with van der Waals surface area (Å²) in [4.78, 5) is 17.5. The molecule has 3 rings (SSSR count). The zero-order valence-electron chi connectivity index (χ0n) is 13.5. The van der Waals surface area contributed by atoms with Crippen molar-refractivity contribution in [1.82, 2.24) is 9.80 Å². The van der Waals surface area contributed by atoms with Crippen molar-refractivity contribution < 1.29 is 4.79 Å². The van der Waals surface area contributed by atoms with Crippen LogP contribution in [0, 0.1) is 5.92 Å². The number of hydrogen-bond donors (Lipinski definition) is 1. The predicted molar refractivity (Wildman–Crippen MR) is 85.0 cm³/mol. The number of hydrogen-bond acceptors (Lipinski definition) is 3. The summed E-state index contributed by atoms with van der Waals surface area (Å²) in [6.07, 6.45) is 9.54. The molecule has 3 aliphatic rings. The Labute approximate surface area is 129 Å². The Bertz CT molecular complexity index is 372. The molecule has 2 aliphatic carbocycles. The molecular weight excluding hydrogens is 262 g/mol. The Morgan fingerprint density at radius 3 is 2.33 bits per heavy atom. The maximum atomic E-state index is 12.8. The molecule has 2 saturated carbocycles. The van der Waals surface area contributed by atoms with Crippen LogP contribution in [0.2, 0.25) is 0 Å². The van der Waals surface area contributed by atoms with Crippen molar-refractivity contribution in [2.75, 3.05) is 26.2 Å². The summed E-state index contributed by atoms with van der Waals surface area (Å²) in [6.45, 7) is 6.07. The summed E-state index contributed by atoms with van der Waals surface area (Å²) >= 11 is 0. The largest absolute Gasteiger partial charge is 0.339 e. The van der Waals surface area contributed by atoms with Crippen molar-refractivity contribution in [2.24, 2.45) is 11.7 Å². The van der Waals surface area contributed by atoms with E-state index < -0.39 is 5.54 Å². The molecule has 4 nitrogen and oxygen atoms in total. The van der Waals surface area contributed by atoms with Crippen molar-refractivity contribution in [2.45, 2.75) is 69.9 Å². The zero-order chi connectivity index (χ0) is 14.9. The van der Waals surface area contributed by atoms with Crippen LogP contribution in [-0.4, -0.2) is 53.5 Å². The zero-order valence-corrected chi connectivity index (χ0v) is 13.5. The third-order valence-electron chi connectivity index (χ3n) is 5.90. The highest BCUT2D eigenvalue weighted by Crippen LogP contribution is 2.32. The lowest BCUT2D eigenvalue weighted by atomic mass is 9.76. The normalized spacial score (nSPS) is 36.1. The molecule has 0 bridgehead atoms. The van der Waals surface area contributed by atoms with E-state index in [1.807, 2.05) is 4.90 Å². The van der Waals surface area contributed by atoms with Crippen molar-refractivity contribution in [3.05, 3.63) is 0 Å². The lowest BCUT2D eigenvalue weighted by molar-refractivity contribution is -0.141. The fraction of sp³-hybridized carbons (Fsp3) is 0.941. The van der Waals surface area contributed by atoms with E-state index in [1.165, 1.54) is 32.1 Å². The van der Waals surface area contributed by atoms with Crippen LogP contribution in [0.5, 0.6) is 0 Å². The number of amides is 1. The van der Waals surface area contributed by atoms with Gasteiger partial charge in [0.2, 0.25) is 5.91 Å². The van der Waals surface area contributed by atoms with E-state index in [4.69, 9.17) is 5.73 Å². The summed E-state index contributed by atoms with van der Waals surface area (Å²) in [6, 6.07) is 0.781. The first kappa shape index (κ1) is 15.3. The molecule has 1 amide bonds. The molecule has 2 unspecified atom stereocenters. The second-order valence-corrected chi connectivity index (χ2v) is 7.62. The highest BCUT2D eigenvalue weighted by Gasteiger charge is 2.41. The van der Waals surface area contributed by atoms with Crippen molar-refractivity contribution >= 4 is 5.91 Å². The average molecular weight is 293 g/mol. The third kappa shape index (κ3) is 3.26. The van der Waals surface area contributed by atoms with Gasteiger partial charge in [-0.05, 0) is 31.6 Å². The maximum absolute atomic E-state index is 12.8. The Morgan fingerprint density at radius 1 is 1.05 bits per heavy atom. The van der Waals surface area contributed by atoms with Crippen LogP contribution < -0.4 is 5.73 Å². The van der Waals surface area contributed by atoms with Gasteiger partial charge in [-0.15, -0.1) is 0 Å². The minimum Gasteiger partial charge on any atom is -0.339 e. The Kier molecular flexibility index (Phi) is 4.55. The number of rotatable bonds is 2. The Balaban J connectivity index is 1.54. The van der Waals surface area contributed by atoms with Gasteiger partial charge in [-0.2, -0.15) is 0 Å². The second kappa shape index (κ2) is 6.25. The van der Waals surface area contributed by atoms with Gasteiger partial charge in [-0.25, -0.2) is 0 Å². The molecule has 2 atom stereocenters. The molecule has 1 aliphatic heterocycles. The van der Waals surface area contributed by atoms with E-state index in [0.29, 0.717) is 5.92 Å². The second-order valence-electron chi connectivity index (χ2n) is 7.62. The molecule has 1 saturated heterocycles. The van der Waals surface area contributed by atoms with Crippen LogP contribution in [0.25, 0.3) is 0 Å². The van der Waals surface area contributed by atoms with Gasteiger partial charge >= 0.3 is 0 Å². The number of piperazine rings is 1. The minimum atomic E-state index is -0.576. The van der Waals surface area contributed by atoms with E-state index in [-0.39, 0.29) is 5.91 Å². The molecule has 0 spiro atoms. The number of nitrogens with zero attached hydrogens (tertiary/aromatic N) is 2. The molecule has 0 aromatic heterocycles. The van der Waals surface area contributed by atoms with E-state index in [1.54, 1.807) is 0 Å². The standard InChI is InChI=1S/C17H31N3O/c1-14-5-4-8-17(18,13-14)16(21)20-11-9-19(10-12-20)15-6-2-3-7-15/h14-15H,2-13,18H2,1H3. The molecule has 2 N–H and O–H groups in total. The minimum absolute atomic E-state index is 0.222. The van der Waals surface area contributed by atoms with E-state index in [0.717, 1.165) is 51.5 Å². The monoisotopic (exact) mass is 293 g/mol. The molecule has 120 valence electrons. The molecule has 3 fully saturated rings. The van der Waals surface area contributed by atoms with Gasteiger partial charge in [0.15, 0.2) is 0 Å². The van der Waals surface area contributed by atoms with E-state index in [9.17, 15) is 4.79 Å². The van der Waals surface area contributed by atoms with Crippen LogP contribution in [0.1, 0.15) is 58.3 Å². The third-order valence-corrected chi connectivity index (χ3v) is 5.90. The summed E-state index contributed by atoms with van der Waals surface area (Å²) in [5.74, 6) is 0.813. The van der Waals surface area contributed by atoms with Gasteiger partial charge in [-0.3, -0.25) is 9.69 Å². The first-order chi connectivity index (χ1) is 10.1. The number of carbonyl (C=O) groups is 1. The summed E-state index contributed by atoms with van der Waals surface area (Å²) in [5.41, 5.74) is 5.90. The van der Waals surface area contributed by atoms with Crippen molar-refractivity contribution in [3.8, 4) is 0 Å². The van der Waals surface area contributed by atoms with E-state index in [2.05, 4.69) is 11.8 Å². The molecule has 4 heteroatoms. The van der Waals surface area contributed by atoms with Crippen LogP contribution in [-0.2, 0) is 4.79 Å². The van der Waals surface area contributed by atoms with E-state index >= 15 is 0 Å². The van der Waals surface area contributed by atoms with Crippen LogP contribution in [0.15, 0.2) is 0 Å².